The number of hydrogen-bond donors (Lipinski definition) is 0. The van der Waals surface area contributed by atoms with Crippen LogP contribution in [0.3, 0.4) is 0 Å². The van der Waals surface area contributed by atoms with Crippen LogP contribution in [0.25, 0.3) is 0 Å². The topological polar surface area (TPSA) is 20.3 Å². The highest BCUT2D eigenvalue weighted by Crippen LogP contribution is 2.40. The van der Waals surface area contributed by atoms with Gasteiger partial charge < -0.3 is 4.90 Å². The Morgan fingerprint density at radius 2 is 2.05 bits per heavy atom. The average Bonchev–Trinajstić information content (AvgIpc) is 2.73. The minimum Gasteiger partial charge on any atom is -0.336 e. The molecule has 1 aromatic carbocycles. The van der Waals surface area contributed by atoms with Gasteiger partial charge in [-0.3, -0.25) is 4.79 Å². The van der Waals surface area contributed by atoms with E-state index < -0.39 is 0 Å². The second-order valence-electron chi connectivity index (χ2n) is 5.89. The van der Waals surface area contributed by atoms with Crippen molar-refractivity contribution in [2.45, 2.75) is 49.4 Å². The van der Waals surface area contributed by atoms with Crippen LogP contribution in [-0.4, -0.2) is 34.4 Å². The monoisotopic (exact) mass is 327 g/mol. The molecular formula is C16H19ClFNOS. The fourth-order valence-corrected chi connectivity index (χ4v) is 4.73. The lowest BCUT2D eigenvalue weighted by atomic mass is 10.0. The summed E-state index contributed by atoms with van der Waals surface area (Å²) in [6.07, 6.45) is 6.50. The Labute approximate surface area is 134 Å². The van der Waals surface area contributed by atoms with Crippen LogP contribution in [0.15, 0.2) is 18.2 Å². The largest absolute Gasteiger partial charge is 0.336 e. The minimum absolute atomic E-state index is 0.0223. The molecule has 2 fully saturated rings. The summed E-state index contributed by atoms with van der Waals surface area (Å²) in [4.78, 5) is 14.6. The van der Waals surface area contributed by atoms with E-state index in [-0.39, 0.29) is 18.1 Å². The molecule has 2 aliphatic heterocycles. The van der Waals surface area contributed by atoms with Crippen molar-refractivity contribution < 1.29 is 9.18 Å². The lowest BCUT2D eigenvalue weighted by Gasteiger charge is -2.38. The van der Waals surface area contributed by atoms with E-state index in [0.717, 1.165) is 25.7 Å². The van der Waals surface area contributed by atoms with Gasteiger partial charge in [0.1, 0.15) is 5.82 Å². The second-order valence-corrected chi connectivity index (χ2v) is 7.44. The predicted octanol–water partition coefficient (Wildman–Crippen LogP) is 3.91. The summed E-state index contributed by atoms with van der Waals surface area (Å²) < 4.78 is 13.8. The number of carbonyl (C=O) groups excluding carboxylic acids is 1. The van der Waals surface area contributed by atoms with Crippen LogP contribution in [-0.2, 0) is 11.2 Å². The average molecular weight is 328 g/mol. The summed E-state index contributed by atoms with van der Waals surface area (Å²) in [6, 6.07) is 5.24. The highest BCUT2D eigenvalue weighted by atomic mass is 35.5. The van der Waals surface area contributed by atoms with Crippen LogP contribution in [0.2, 0.25) is 5.02 Å². The van der Waals surface area contributed by atoms with Crippen LogP contribution >= 0.6 is 23.4 Å². The first-order chi connectivity index (χ1) is 10.1. The third-order valence-electron chi connectivity index (χ3n) is 4.70. The van der Waals surface area contributed by atoms with E-state index in [9.17, 15) is 9.18 Å². The third kappa shape index (κ3) is 2.93. The van der Waals surface area contributed by atoms with E-state index in [1.807, 2.05) is 16.7 Å². The summed E-state index contributed by atoms with van der Waals surface area (Å²) in [5.74, 6) is -0.365. The van der Waals surface area contributed by atoms with Gasteiger partial charge in [0.25, 0.3) is 0 Å². The first-order valence-corrected chi connectivity index (χ1v) is 9.03. The molecule has 3 rings (SSSR count). The van der Waals surface area contributed by atoms with Gasteiger partial charge in [-0.05, 0) is 44.1 Å². The maximum atomic E-state index is 13.8. The van der Waals surface area contributed by atoms with Crippen molar-refractivity contribution >= 4 is 29.3 Å². The Bertz CT molecular complexity index is 519. The van der Waals surface area contributed by atoms with Gasteiger partial charge in [-0.1, -0.05) is 17.7 Å². The minimum atomic E-state index is -0.387. The van der Waals surface area contributed by atoms with Crippen LogP contribution in [0.4, 0.5) is 4.39 Å². The van der Waals surface area contributed by atoms with Crippen molar-refractivity contribution in [3.63, 3.8) is 0 Å². The Morgan fingerprint density at radius 3 is 2.62 bits per heavy atom. The zero-order valence-electron chi connectivity index (χ0n) is 12.0. The molecule has 1 aromatic rings. The van der Waals surface area contributed by atoms with Gasteiger partial charge in [0, 0.05) is 27.9 Å². The number of fused-ring (bicyclic) bond motifs is 2. The SMILES string of the molecule is CSC1CC2CCC(C1)N2C(=O)Cc1c(F)cccc1Cl. The number of rotatable bonds is 3. The van der Waals surface area contributed by atoms with E-state index in [0.29, 0.717) is 27.9 Å². The summed E-state index contributed by atoms with van der Waals surface area (Å²) in [5.41, 5.74) is 0.329. The van der Waals surface area contributed by atoms with Crippen molar-refractivity contribution in [3.05, 3.63) is 34.6 Å². The van der Waals surface area contributed by atoms with Gasteiger partial charge in [-0.15, -0.1) is 0 Å². The van der Waals surface area contributed by atoms with Crippen molar-refractivity contribution in [2.24, 2.45) is 0 Å². The van der Waals surface area contributed by atoms with Gasteiger partial charge >= 0.3 is 0 Å². The number of nitrogens with zero attached hydrogens (tertiary/aromatic N) is 1. The van der Waals surface area contributed by atoms with Crippen molar-refractivity contribution in [3.8, 4) is 0 Å². The quantitative estimate of drug-likeness (QED) is 0.839. The van der Waals surface area contributed by atoms with E-state index in [4.69, 9.17) is 11.6 Å². The maximum Gasteiger partial charge on any atom is 0.227 e. The summed E-state index contributed by atoms with van der Waals surface area (Å²) in [6.45, 7) is 0. The molecule has 0 spiro atoms. The molecule has 2 saturated heterocycles. The van der Waals surface area contributed by atoms with Crippen molar-refractivity contribution in [2.75, 3.05) is 6.26 Å². The molecule has 0 N–H and O–H groups in total. The zero-order chi connectivity index (χ0) is 15.0. The highest BCUT2D eigenvalue weighted by molar-refractivity contribution is 7.99. The number of thioether (sulfide) groups is 1. The lowest BCUT2D eigenvalue weighted by Crippen LogP contribution is -2.48. The second kappa shape index (κ2) is 6.17. The molecule has 114 valence electrons. The van der Waals surface area contributed by atoms with Gasteiger partial charge in [-0.25, -0.2) is 4.39 Å². The molecule has 2 heterocycles. The number of hydrogen-bond acceptors (Lipinski definition) is 2. The molecule has 0 saturated carbocycles. The molecular weight excluding hydrogens is 309 g/mol. The number of carbonyl (C=O) groups is 1. The molecule has 2 unspecified atom stereocenters. The Morgan fingerprint density at radius 1 is 1.38 bits per heavy atom. The first-order valence-electron chi connectivity index (χ1n) is 7.37. The van der Waals surface area contributed by atoms with Crippen LogP contribution in [0.5, 0.6) is 0 Å². The standard InChI is InChI=1S/C16H19ClFNOS/c1-21-12-7-10-5-6-11(8-12)19(10)16(20)9-13-14(17)3-2-4-15(13)18/h2-4,10-12H,5-9H2,1H3. The van der Waals surface area contributed by atoms with Crippen LogP contribution < -0.4 is 0 Å². The summed E-state index contributed by atoms with van der Waals surface area (Å²) >= 11 is 7.93. The Balaban J connectivity index is 1.75. The fourth-order valence-electron chi connectivity index (χ4n) is 3.67. The third-order valence-corrected chi connectivity index (χ3v) is 6.11. The van der Waals surface area contributed by atoms with E-state index >= 15 is 0 Å². The molecule has 0 radical (unpaired) electrons. The van der Waals surface area contributed by atoms with Gasteiger partial charge in [-0.2, -0.15) is 11.8 Å². The number of piperidine rings is 1. The lowest BCUT2D eigenvalue weighted by molar-refractivity contribution is -0.134. The first kappa shape index (κ1) is 15.2. The van der Waals surface area contributed by atoms with E-state index in [1.165, 1.54) is 6.07 Å². The molecule has 21 heavy (non-hydrogen) atoms. The van der Waals surface area contributed by atoms with Gasteiger partial charge in [0.15, 0.2) is 0 Å². The molecule has 2 aliphatic rings. The summed E-state index contributed by atoms with van der Waals surface area (Å²) in [7, 11) is 0. The Hall–Kier alpha value is -0.740. The maximum absolute atomic E-state index is 13.8. The highest BCUT2D eigenvalue weighted by Gasteiger charge is 2.42. The summed E-state index contributed by atoms with van der Waals surface area (Å²) in [5, 5.41) is 0.998. The smallest absolute Gasteiger partial charge is 0.227 e. The van der Waals surface area contributed by atoms with Crippen molar-refractivity contribution in [1.29, 1.82) is 0 Å². The molecule has 0 aliphatic carbocycles. The van der Waals surface area contributed by atoms with Gasteiger partial charge in [0.05, 0.1) is 6.42 Å². The van der Waals surface area contributed by atoms with Crippen LogP contribution in [0, 0.1) is 5.82 Å². The van der Waals surface area contributed by atoms with E-state index in [2.05, 4.69) is 6.26 Å². The molecule has 2 bridgehead atoms. The fraction of sp³-hybridized carbons (Fsp3) is 0.562. The molecule has 2 atom stereocenters. The van der Waals surface area contributed by atoms with Crippen molar-refractivity contribution in [1.82, 2.24) is 4.90 Å². The van der Waals surface area contributed by atoms with Crippen LogP contribution in [0.1, 0.15) is 31.2 Å². The normalized spacial score (nSPS) is 28.0. The predicted molar refractivity (Wildman–Crippen MR) is 85.3 cm³/mol. The molecule has 2 nitrogen and oxygen atoms in total. The van der Waals surface area contributed by atoms with E-state index in [1.54, 1.807) is 12.1 Å². The van der Waals surface area contributed by atoms with Gasteiger partial charge in [0.2, 0.25) is 5.91 Å². The molecule has 1 amide bonds. The zero-order valence-corrected chi connectivity index (χ0v) is 13.6. The molecule has 0 aromatic heterocycles. The molecule has 5 heteroatoms. The Kier molecular flexibility index (Phi) is 4.46. The number of benzene rings is 1. The number of halogens is 2. The number of amides is 1.